The summed E-state index contributed by atoms with van der Waals surface area (Å²) in [5.74, 6) is 0.559. The van der Waals surface area contributed by atoms with E-state index in [1.165, 1.54) is 27.4 Å². The molecular weight excluding hydrogens is 419 g/mol. The highest BCUT2D eigenvalue weighted by molar-refractivity contribution is 6.43. The van der Waals surface area contributed by atoms with Crippen molar-refractivity contribution < 1.29 is 23.8 Å². The fourth-order valence-electron chi connectivity index (χ4n) is 2.60. The highest BCUT2D eigenvalue weighted by Crippen LogP contribution is 2.38. The third-order valence-corrected chi connectivity index (χ3v) is 4.95. The van der Waals surface area contributed by atoms with Crippen LogP contribution in [0.1, 0.15) is 22.8 Å². The van der Waals surface area contributed by atoms with Crippen LogP contribution in [0.2, 0.25) is 10.0 Å². The third-order valence-electron chi connectivity index (χ3n) is 4.13. The lowest BCUT2D eigenvalue weighted by Gasteiger charge is -2.17. The van der Waals surface area contributed by atoms with E-state index in [4.69, 9.17) is 37.4 Å². The van der Waals surface area contributed by atoms with Crippen LogP contribution in [0, 0.1) is 0 Å². The maximum absolute atomic E-state index is 12.4. The van der Waals surface area contributed by atoms with E-state index in [0.29, 0.717) is 17.2 Å². The van der Waals surface area contributed by atoms with E-state index in [9.17, 15) is 9.59 Å². The van der Waals surface area contributed by atoms with Crippen molar-refractivity contribution in [2.75, 3.05) is 21.3 Å². The molecule has 2 N–H and O–H groups in total. The molecule has 1 unspecified atom stereocenters. The summed E-state index contributed by atoms with van der Waals surface area (Å²) in [4.78, 5) is 24.8. The van der Waals surface area contributed by atoms with Crippen LogP contribution in [0.3, 0.4) is 0 Å². The minimum absolute atomic E-state index is 0.136. The average Bonchev–Trinajstić information content (AvgIpc) is 2.72. The molecule has 2 aromatic rings. The first kappa shape index (κ1) is 22.6. The van der Waals surface area contributed by atoms with Gasteiger partial charge in [-0.05, 0) is 36.8 Å². The molecule has 9 heteroatoms. The molecule has 0 aliphatic heterocycles. The number of hydrogen-bond acceptors (Lipinski definition) is 5. The number of carbonyl (C=O) groups is 2. The first-order valence-electron chi connectivity index (χ1n) is 8.63. The lowest BCUT2D eigenvalue weighted by molar-refractivity contribution is -0.122. The Kier molecular flexibility index (Phi) is 7.99. The van der Waals surface area contributed by atoms with Gasteiger partial charge in [0.25, 0.3) is 5.91 Å². The van der Waals surface area contributed by atoms with Crippen molar-refractivity contribution in [3.05, 3.63) is 51.5 Å². The van der Waals surface area contributed by atoms with Gasteiger partial charge in [-0.3, -0.25) is 9.59 Å². The van der Waals surface area contributed by atoms with Gasteiger partial charge in [-0.2, -0.15) is 0 Å². The van der Waals surface area contributed by atoms with Crippen molar-refractivity contribution in [1.29, 1.82) is 0 Å². The van der Waals surface area contributed by atoms with E-state index < -0.39 is 11.9 Å². The molecule has 0 fully saturated rings. The van der Waals surface area contributed by atoms with E-state index in [1.54, 1.807) is 31.2 Å². The largest absolute Gasteiger partial charge is 0.493 e. The summed E-state index contributed by atoms with van der Waals surface area (Å²) in [6.07, 6.45) is 0. The Hall–Kier alpha value is -2.64. The van der Waals surface area contributed by atoms with Crippen LogP contribution < -0.4 is 24.8 Å². The summed E-state index contributed by atoms with van der Waals surface area (Å²) in [6, 6.07) is 7.39. The number of rotatable bonds is 8. The number of halogens is 2. The average molecular weight is 441 g/mol. The lowest BCUT2D eigenvalue weighted by Crippen LogP contribution is -2.44. The number of hydrogen-bond donors (Lipinski definition) is 2. The SMILES string of the molecule is COc1cc(CNC(=O)C(C)NC(=O)c2cccc(Cl)c2Cl)cc(OC)c1OC. The van der Waals surface area contributed by atoms with Crippen molar-refractivity contribution in [2.45, 2.75) is 19.5 Å². The molecule has 0 aliphatic carbocycles. The number of nitrogens with one attached hydrogen (secondary N) is 2. The third kappa shape index (κ3) is 5.46. The molecular formula is C20H22Cl2N2O5. The highest BCUT2D eigenvalue weighted by atomic mass is 35.5. The van der Waals surface area contributed by atoms with Crippen molar-refractivity contribution in [2.24, 2.45) is 0 Å². The molecule has 2 rings (SSSR count). The highest BCUT2D eigenvalue weighted by Gasteiger charge is 2.20. The number of ether oxygens (including phenoxy) is 3. The lowest BCUT2D eigenvalue weighted by atomic mass is 10.1. The molecule has 29 heavy (non-hydrogen) atoms. The molecule has 0 aliphatic rings. The van der Waals surface area contributed by atoms with Crippen LogP contribution >= 0.6 is 23.2 Å². The number of carbonyl (C=O) groups excluding carboxylic acids is 2. The van der Waals surface area contributed by atoms with Crippen LogP contribution in [0.4, 0.5) is 0 Å². The Morgan fingerprint density at radius 2 is 1.66 bits per heavy atom. The van der Waals surface area contributed by atoms with Crippen LogP contribution in [-0.4, -0.2) is 39.2 Å². The van der Waals surface area contributed by atoms with E-state index in [-0.39, 0.29) is 28.1 Å². The van der Waals surface area contributed by atoms with Gasteiger partial charge in [-0.25, -0.2) is 0 Å². The monoisotopic (exact) mass is 440 g/mol. The summed E-state index contributed by atoms with van der Waals surface area (Å²) in [5.41, 5.74) is 0.938. The Morgan fingerprint density at radius 1 is 1.03 bits per heavy atom. The smallest absolute Gasteiger partial charge is 0.253 e. The van der Waals surface area contributed by atoms with Gasteiger partial charge >= 0.3 is 0 Å². The van der Waals surface area contributed by atoms with Crippen LogP contribution in [0.15, 0.2) is 30.3 Å². The van der Waals surface area contributed by atoms with Crippen LogP contribution in [-0.2, 0) is 11.3 Å². The molecule has 0 heterocycles. The Balaban J connectivity index is 2.03. The second-order valence-electron chi connectivity index (χ2n) is 6.05. The molecule has 0 saturated heterocycles. The van der Waals surface area contributed by atoms with Crippen molar-refractivity contribution in [1.82, 2.24) is 10.6 Å². The summed E-state index contributed by atoms with van der Waals surface area (Å²) in [5, 5.41) is 5.76. The molecule has 156 valence electrons. The molecule has 2 aromatic carbocycles. The zero-order valence-corrected chi connectivity index (χ0v) is 18.0. The van der Waals surface area contributed by atoms with Gasteiger partial charge in [0.15, 0.2) is 11.5 Å². The molecule has 0 spiro atoms. The van der Waals surface area contributed by atoms with Crippen molar-refractivity contribution >= 4 is 35.0 Å². The topological polar surface area (TPSA) is 85.9 Å². The van der Waals surface area contributed by atoms with E-state index in [2.05, 4.69) is 10.6 Å². The van der Waals surface area contributed by atoms with Crippen LogP contribution in [0.5, 0.6) is 17.2 Å². The van der Waals surface area contributed by atoms with Gasteiger partial charge in [0.05, 0.1) is 36.9 Å². The fourth-order valence-corrected chi connectivity index (χ4v) is 2.99. The van der Waals surface area contributed by atoms with Gasteiger partial charge in [0.1, 0.15) is 6.04 Å². The van der Waals surface area contributed by atoms with Gasteiger partial charge < -0.3 is 24.8 Å². The summed E-state index contributed by atoms with van der Waals surface area (Å²) < 4.78 is 15.9. The summed E-state index contributed by atoms with van der Waals surface area (Å²) in [6.45, 7) is 1.77. The molecule has 0 saturated carbocycles. The van der Waals surface area contributed by atoms with E-state index >= 15 is 0 Å². The first-order chi connectivity index (χ1) is 13.8. The Morgan fingerprint density at radius 3 is 2.21 bits per heavy atom. The minimum atomic E-state index is -0.792. The molecule has 2 amide bonds. The second kappa shape index (κ2) is 10.2. The zero-order valence-electron chi connectivity index (χ0n) is 16.5. The van der Waals surface area contributed by atoms with Gasteiger partial charge in [0, 0.05) is 6.54 Å². The number of benzene rings is 2. The number of methoxy groups -OCH3 is 3. The predicted octanol–water partition coefficient (Wildman–Crippen LogP) is 3.45. The fraction of sp³-hybridized carbons (Fsp3) is 0.300. The summed E-state index contributed by atoms with van der Waals surface area (Å²) >= 11 is 12.0. The first-order valence-corrected chi connectivity index (χ1v) is 9.39. The number of amides is 2. The van der Waals surface area contributed by atoms with E-state index in [1.807, 2.05) is 0 Å². The van der Waals surface area contributed by atoms with E-state index in [0.717, 1.165) is 5.56 Å². The second-order valence-corrected chi connectivity index (χ2v) is 6.83. The maximum Gasteiger partial charge on any atom is 0.253 e. The van der Waals surface area contributed by atoms with Gasteiger partial charge in [0.2, 0.25) is 11.7 Å². The summed E-state index contributed by atoms with van der Waals surface area (Å²) in [7, 11) is 4.54. The van der Waals surface area contributed by atoms with Gasteiger partial charge in [-0.1, -0.05) is 29.3 Å². The molecule has 0 bridgehead atoms. The molecule has 1 atom stereocenters. The molecule has 0 radical (unpaired) electrons. The molecule has 0 aromatic heterocycles. The van der Waals surface area contributed by atoms with Gasteiger partial charge in [-0.15, -0.1) is 0 Å². The maximum atomic E-state index is 12.4. The molecule has 7 nitrogen and oxygen atoms in total. The standard InChI is InChI=1S/C20H22Cl2N2O5/c1-11(24-20(26)13-6-5-7-14(21)17(13)22)19(25)23-10-12-8-15(27-2)18(29-4)16(9-12)28-3/h5-9,11H,10H2,1-4H3,(H,23,25)(H,24,26). The quantitative estimate of drug-likeness (QED) is 0.656. The van der Waals surface area contributed by atoms with Crippen molar-refractivity contribution in [3.63, 3.8) is 0 Å². The Bertz CT molecular complexity index is 879. The van der Waals surface area contributed by atoms with Crippen molar-refractivity contribution in [3.8, 4) is 17.2 Å². The predicted molar refractivity (Wildman–Crippen MR) is 111 cm³/mol. The Labute approximate surface area is 179 Å². The van der Waals surface area contributed by atoms with Crippen LogP contribution in [0.25, 0.3) is 0 Å². The zero-order chi connectivity index (χ0) is 21.6. The normalized spacial score (nSPS) is 11.4. The minimum Gasteiger partial charge on any atom is -0.493 e.